The summed E-state index contributed by atoms with van der Waals surface area (Å²) in [5.74, 6) is -1.62. The lowest BCUT2D eigenvalue weighted by molar-refractivity contribution is -0.121. The zero-order valence-corrected chi connectivity index (χ0v) is 10.5. The lowest BCUT2D eigenvalue weighted by atomic mass is 10.1. The summed E-state index contributed by atoms with van der Waals surface area (Å²) in [6, 6.07) is 0.985. The van der Waals surface area contributed by atoms with Gasteiger partial charge in [0, 0.05) is 18.4 Å². The molecule has 0 radical (unpaired) electrons. The number of hydrogen-bond acceptors (Lipinski definition) is 5. The number of morpholine rings is 1. The van der Waals surface area contributed by atoms with Crippen molar-refractivity contribution in [3.63, 3.8) is 0 Å². The van der Waals surface area contributed by atoms with E-state index in [9.17, 15) is 14.7 Å². The number of hydrogen-bond donors (Lipinski definition) is 2. The van der Waals surface area contributed by atoms with Crippen LogP contribution in [-0.2, 0) is 9.53 Å². The SMILES string of the molecule is Cc1cc(N2CCOCC2C(N)=O)c(C(=O)O)cn1. The third-order valence-electron chi connectivity index (χ3n) is 3.02. The molecule has 2 rings (SSSR count). The Morgan fingerprint density at radius 2 is 2.32 bits per heavy atom. The number of carbonyl (C=O) groups excluding carboxylic acids is 1. The van der Waals surface area contributed by atoms with Crippen LogP contribution in [0.15, 0.2) is 12.3 Å². The first-order valence-electron chi connectivity index (χ1n) is 5.84. The number of aromatic carboxylic acids is 1. The molecule has 3 N–H and O–H groups in total. The highest BCUT2D eigenvalue weighted by Crippen LogP contribution is 2.24. The number of anilines is 1. The summed E-state index contributed by atoms with van der Waals surface area (Å²) in [7, 11) is 0. The molecule has 7 nitrogen and oxygen atoms in total. The van der Waals surface area contributed by atoms with Gasteiger partial charge in [-0.25, -0.2) is 4.79 Å². The number of nitrogens with two attached hydrogens (primary N) is 1. The molecular weight excluding hydrogens is 250 g/mol. The molecule has 0 aromatic carbocycles. The smallest absolute Gasteiger partial charge is 0.339 e. The van der Waals surface area contributed by atoms with Crippen LogP contribution >= 0.6 is 0 Å². The van der Waals surface area contributed by atoms with Gasteiger partial charge in [-0.15, -0.1) is 0 Å². The van der Waals surface area contributed by atoms with Gasteiger partial charge in [-0.05, 0) is 13.0 Å². The van der Waals surface area contributed by atoms with E-state index in [2.05, 4.69) is 4.98 Å². The van der Waals surface area contributed by atoms with E-state index >= 15 is 0 Å². The van der Waals surface area contributed by atoms with E-state index in [1.54, 1.807) is 17.9 Å². The van der Waals surface area contributed by atoms with Gasteiger partial charge in [-0.2, -0.15) is 0 Å². The molecule has 1 amide bonds. The highest BCUT2D eigenvalue weighted by Gasteiger charge is 2.30. The second kappa shape index (κ2) is 5.23. The molecule has 0 saturated carbocycles. The van der Waals surface area contributed by atoms with Gasteiger partial charge in [0.2, 0.25) is 5.91 Å². The fourth-order valence-electron chi connectivity index (χ4n) is 2.08. The van der Waals surface area contributed by atoms with Crippen molar-refractivity contribution in [1.29, 1.82) is 0 Å². The first kappa shape index (κ1) is 13.3. The number of primary amides is 1. The Morgan fingerprint density at radius 1 is 1.58 bits per heavy atom. The predicted molar refractivity (Wildman–Crippen MR) is 67.1 cm³/mol. The zero-order chi connectivity index (χ0) is 14.0. The maximum Gasteiger partial charge on any atom is 0.339 e. The van der Waals surface area contributed by atoms with E-state index in [4.69, 9.17) is 10.5 Å². The van der Waals surface area contributed by atoms with Gasteiger partial charge >= 0.3 is 5.97 Å². The average Bonchev–Trinajstić information content (AvgIpc) is 2.38. The minimum absolute atomic E-state index is 0.0544. The Labute approximate surface area is 110 Å². The topological polar surface area (TPSA) is 106 Å². The minimum Gasteiger partial charge on any atom is -0.478 e. The second-order valence-electron chi connectivity index (χ2n) is 4.33. The van der Waals surface area contributed by atoms with Crippen LogP contribution in [0.2, 0.25) is 0 Å². The van der Waals surface area contributed by atoms with Crippen LogP contribution < -0.4 is 10.6 Å². The molecule has 1 aliphatic heterocycles. The lowest BCUT2D eigenvalue weighted by Crippen LogP contribution is -2.53. The summed E-state index contributed by atoms with van der Waals surface area (Å²) in [6.07, 6.45) is 1.29. The standard InChI is InChI=1S/C12H15N3O4/c1-7-4-9(8(5-14-7)12(17)18)15-2-3-19-6-10(15)11(13)16/h4-5,10H,2-3,6H2,1H3,(H2,13,16)(H,17,18). The van der Waals surface area contributed by atoms with E-state index in [-0.39, 0.29) is 12.2 Å². The first-order chi connectivity index (χ1) is 9.00. The molecule has 1 unspecified atom stereocenters. The highest BCUT2D eigenvalue weighted by atomic mass is 16.5. The van der Waals surface area contributed by atoms with E-state index < -0.39 is 17.9 Å². The van der Waals surface area contributed by atoms with Crippen molar-refractivity contribution < 1.29 is 19.4 Å². The largest absolute Gasteiger partial charge is 0.478 e. The molecule has 1 atom stereocenters. The number of ether oxygens (including phenoxy) is 1. The Bertz CT molecular complexity index is 518. The second-order valence-corrected chi connectivity index (χ2v) is 4.33. The van der Waals surface area contributed by atoms with Gasteiger partial charge in [0.25, 0.3) is 0 Å². The average molecular weight is 265 g/mol. The monoisotopic (exact) mass is 265 g/mol. The van der Waals surface area contributed by atoms with Gasteiger partial charge in [0.1, 0.15) is 11.6 Å². The molecule has 2 heterocycles. The molecule has 0 aliphatic carbocycles. The number of carboxylic acids is 1. The number of aryl methyl sites for hydroxylation is 1. The summed E-state index contributed by atoms with van der Waals surface area (Å²) in [5, 5.41) is 9.20. The molecule has 19 heavy (non-hydrogen) atoms. The van der Waals surface area contributed by atoms with Crippen molar-refractivity contribution in [3.8, 4) is 0 Å². The Balaban J connectivity index is 2.46. The van der Waals surface area contributed by atoms with Crippen LogP contribution in [0, 0.1) is 6.92 Å². The molecular formula is C12H15N3O4. The molecule has 102 valence electrons. The number of nitrogens with zero attached hydrogens (tertiary/aromatic N) is 2. The van der Waals surface area contributed by atoms with Gasteiger partial charge in [0.05, 0.1) is 18.9 Å². The fraction of sp³-hybridized carbons (Fsp3) is 0.417. The maximum atomic E-state index is 11.4. The van der Waals surface area contributed by atoms with Crippen LogP contribution in [0.25, 0.3) is 0 Å². The van der Waals surface area contributed by atoms with Crippen LogP contribution in [0.4, 0.5) is 5.69 Å². The molecule has 0 spiro atoms. The van der Waals surface area contributed by atoms with Crippen molar-refractivity contribution >= 4 is 17.6 Å². The number of rotatable bonds is 3. The van der Waals surface area contributed by atoms with Crippen molar-refractivity contribution in [2.24, 2.45) is 5.73 Å². The number of carboxylic acid groups (broad SMARTS) is 1. The van der Waals surface area contributed by atoms with Gasteiger partial charge < -0.3 is 20.5 Å². The number of amides is 1. The summed E-state index contributed by atoms with van der Waals surface area (Å²) >= 11 is 0. The quantitative estimate of drug-likeness (QED) is 0.782. The molecule has 1 aromatic heterocycles. The molecule has 1 saturated heterocycles. The predicted octanol–water partition coefficient (Wildman–Crippen LogP) is -0.221. The van der Waals surface area contributed by atoms with Crippen LogP contribution in [0.3, 0.4) is 0 Å². The fourth-order valence-corrected chi connectivity index (χ4v) is 2.08. The summed E-state index contributed by atoms with van der Waals surface area (Å²) < 4.78 is 5.22. The van der Waals surface area contributed by atoms with E-state index in [0.29, 0.717) is 24.5 Å². The van der Waals surface area contributed by atoms with Crippen LogP contribution in [0.1, 0.15) is 16.1 Å². The highest BCUT2D eigenvalue weighted by molar-refractivity contribution is 5.95. The maximum absolute atomic E-state index is 11.4. The van der Waals surface area contributed by atoms with E-state index in [0.717, 1.165) is 0 Å². The Morgan fingerprint density at radius 3 is 2.95 bits per heavy atom. The summed E-state index contributed by atoms with van der Waals surface area (Å²) in [6.45, 7) is 2.76. The van der Waals surface area contributed by atoms with Crippen molar-refractivity contribution in [3.05, 3.63) is 23.5 Å². The third kappa shape index (κ3) is 2.65. The number of pyridine rings is 1. The zero-order valence-electron chi connectivity index (χ0n) is 10.5. The molecule has 0 bridgehead atoms. The van der Waals surface area contributed by atoms with Gasteiger partial charge in [-0.3, -0.25) is 9.78 Å². The molecule has 7 heteroatoms. The minimum atomic E-state index is -1.09. The van der Waals surface area contributed by atoms with Gasteiger partial charge in [0.15, 0.2) is 0 Å². The third-order valence-corrected chi connectivity index (χ3v) is 3.02. The Hall–Kier alpha value is -2.15. The molecule has 1 aliphatic rings. The normalized spacial score (nSPS) is 19.2. The van der Waals surface area contributed by atoms with Crippen LogP contribution in [-0.4, -0.2) is 47.8 Å². The van der Waals surface area contributed by atoms with Gasteiger partial charge in [-0.1, -0.05) is 0 Å². The van der Waals surface area contributed by atoms with Crippen molar-refractivity contribution in [2.75, 3.05) is 24.7 Å². The molecule has 1 aromatic rings. The summed E-state index contributed by atoms with van der Waals surface area (Å²) in [4.78, 5) is 28.3. The molecule has 1 fully saturated rings. The number of aromatic nitrogens is 1. The van der Waals surface area contributed by atoms with Crippen LogP contribution in [0.5, 0.6) is 0 Å². The van der Waals surface area contributed by atoms with E-state index in [1.165, 1.54) is 6.20 Å². The lowest BCUT2D eigenvalue weighted by Gasteiger charge is -2.36. The van der Waals surface area contributed by atoms with Crippen molar-refractivity contribution in [2.45, 2.75) is 13.0 Å². The van der Waals surface area contributed by atoms with E-state index in [1.807, 2.05) is 0 Å². The first-order valence-corrected chi connectivity index (χ1v) is 5.84. The number of carbonyl (C=O) groups is 2. The Kier molecular flexibility index (Phi) is 3.66. The summed E-state index contributed by atoms with van der Waals surface area (Å²) in [5.41, 5.74) is 6.52. The van der Waals surface area contributed by atoms with Crippen molar-refractivity contribution in [1.82, 2.24) is 4.98 Å².